The number of nitrogens with zero attached hydrogens (tertiary/aromatic N) is 1. The van der Waals surface area contributed by atoms with Gasteiger partial charge in [0.1, 0.15) is 5.69 Å². The van der Waals surface area contributed by atoms with E-state index in [1.807, 2.05) is 12.1 Å². The van der Waals surface area contributed by atoms with Gasteiger partial charge in [-0.1, -0.05) is 29.8 Å². The second-order valence-corrected chi connectivity index (χ2v) is 4.31. The van der Waals surface area contributed by atoms with E-state index in [1.165, 1.54) is 7.11 Å². The van der Waals surface area contributed by atoms with Gasteiger partial charge in [0.2, 0.25) is 5.88 Å². The Morgan fingerprint density at radius 2 is 2.00 bits per heavy atom. The third-order valence-electron chi connectivity index (χ3n) is 2.53. The van der Waals surface area contributed by atoms with Gasteiger partial charge in [0, 0.05) is 17.6 Å². The summed E-state index contributed by atoms with van der Waals surface area (Å²) < 4.78 is 4.98. The van der Waals surface area contributed by atoms with Crippen molar-refractivity contribution in [3.05, 3.63) is 58.7 Å². The highest BCUT2D eigenvalue weighted by Crippen LogP contribution is 2.10. The van der Waals surface area contributed by atoms with E-state index < -0.39 is 0 Å². The lowest BCUT2D eigenvalue weighted by Gasteiger charge is -2.06. The Morgan fingerprint density at radius 1 is 1.26 bits per heavy atom. The van der Waals surface area contributed by atoms with E-state index in [0.717, 1.165) is 5.56 Å². The minimum absolute atomic E-state index is 0.242. The molecule has 2 rings (SSSR count). The van der Waals surface area contributed by atoms with Crippen LogP contribution in [-0.2, 0) is 6.54 Å². The number of carbonyl (C=O) groups excluding carboxylic acids is 1. The average molecular weight is 277 g/mol. The lowest BCUT2D eigenvalue weighted by atomic mass is 10.2. The fraction of sp³-hybridized carbons (Fsp3) is 0.143. The van der Waals surface area contributed by atoms with Gasteiger partial charge in [0.05, 0.1) is 7.11 Å². The molecule has 0 bridgehead atoms. The predicted molar refractivity (Wildman–Crippen MR) is 73.4 cm³/mol. The highest BCUT2D eigenvalue weighted by Gasteiger charge is 2.07. The number of rotatable bonds is 4. The fourth-order valence-corrected chi connectivity index (χ4v) is 1.66. The maximum absolute atomic E-state index is 11.9. The summed E-state index contributed by atoms with van der Waals surface area (Å²) in [5, 5.41) is 3.46. The van der Waals surface area contributed by atoms with Crippen LogP contribution in [0, 0.1) is 0 Å². The van der Waals surface area contributed by atoms with Crippen LogP contribution in [0.15, 0.2) is 42.5 Å². The lowest BCUT2D eigenvalue weighted by molar-refractivity contribution is 0.0945. The lowest BCUT2D eigenvalue weighted by Crippen LogP contribution is -2.23. The molecule has 0 saturated carbocycles. The van der Waals surface area contributed by atoms with E-state index in [4.69, 9.17) is 16.3 Å². The SMILES string of the molecule is COc1cccc(C(=O)NCc2ccc(Cl)cc2)n1. The molecule has 4 nitrogen and oxygen atoms in total. The summed E-state index contributed by atoms with van der Waals surface area (Å²) in [5.74, 6) is 0.174. The van der Waals surface area contributed by atoms with E-state index in [2.05, 4.69) is 10.3 Å². The molecule has 1 aromatic carbocycles. The summed E-state index contributed by atoms with van der Waals surface area (Å²) >= 11 is 5.79. The molecule has 0 aliphatic carbocycles. The van der Waals surface area contributed by atoms with Crippen LogP contribution in [0.5, 0.6) is 5.88 Å². The normalized spacial score (nSPS) is 10.0. The number of hydrogen-bond acceptors (Lipinski definition) is 3. The molecule has 2 aromatic rings. The zero-order valence-electron chi connectivity index (χ0n) is 10.4. The van der Waals surface area contributed by atoms with Crippen molar-refractivity contribution < 1.29 is 9.53 Å². The number of nitrogens with one attached hydrogen (secondary N) is 1. The summed E-state index contributed by atoms with van der Waals surface area (Å²) in [6.45, 7) is 0.425. The summed E-state index contributed by atoms with van der Waals surface area (Å²) in [4.78, 5) is 16.0. The topological polar surface area (TPSA) is 51.2 Å². The first-order valence-electron chi connectivity index (χ1n) is 5.73. The molecular weight excluding hydrogens is 264 g/mol. The van der Waals surface area contributed by atoms with Crippen molar-refractivity contribution in [2.45, 2.75) is 6.54 Å². The molecule has 0 unspecified atom stereocenters. The number of hydrogen-bond donors (Lipinski definition) is 1. The van der Waals surface area contributed by atoms with Crippen LogP contribution < -0.4 is 10.1 Å². The Hall–Kier alpha value is -2.07. The minimum Gasteiger partial charge on any atom is -0.481 e. The third-order valence-corrected chi connectivity index (χ3v) is 2.78. The van der Waals surface area contributed by atoms with Gasteiger partial charge in [-0.3, -0.25) is 4.79 Å². The molecule has 0 radical (unpaired) electrons. The first-order chi connectivity index (χ1) is 9.19. The summed E-state index contributed by atoms with van der Waals surface area (Å²) in [7, 11) is 1.51. The molecular formula is C14H13ClN2O2. The number of halogens is 1. The smallest absolute Gasteiger partial charge is 0.270 e. The second-order valence-electron chi connectivity index (χ2n) is 3.87. The van der Waals surface area contributed by atoms with Crippen molar-refractivity contribution in [3.8, 4) is 5.88 Å². The van der Waals surface area contributed by atoms with E-state index >= 15 is 0 Å². The largest absolute Gasteiger partial charge is 0.481 e. The van der Waals surface area contributed by atoms with Crippen molar-refractivity contribution in [2.75, 3.05) is 7.11 Å². The van der Waals surface area contributed by atoms with Crippen molar-refractivity contribution >= 4 is 17.5 Å². The molecule has 1 aromatic heterocycles. The maximum Gasteiger partial charge on any atom is 0.270 e. The van der Waals surface area contributed by atoms with Crippen LogP contribution in [0.25, 0.3) is 0 Å². The summed E-state index contributed by atoms with van der Waals surface area (Å²) in [5.41, 5.74) is 1.30. The molecule has 0 spiro atoms. The first-order valence-corrected chi connectivity index (χ1v) is 6.10. The van der Waals surface area contributed by atoms with Crippen molar-refractivity contribution in [1.29, 1.82) is 0 Å². The Kier molecular flexibility index (Phi) is 4.36. The number of ether oxygens (including phenoxy) is 1. The van der Waals surface area contributed by atoms with Crippen molar-refractivity contribution in [3.63, 3.8) is 0 Å². The van der Waals surface area contributed by atoms with Gasteiger partial charge in [-0.2, -0.15) is 0 Å². The monoisotopic (exact) mass is 276 g/mol. The van der Waals surface area contributed by atoms with Crippen LogP contribution in [0.2, 0.25) is 5.02 Å². The molecule has 1 amide bonds. The molecule has 0 aliphatic rings. The fourth-order valence-electron chi connectivity index (χ4n) is 1.53. The highest BCUT2D eigenvalue weighted by atomic mass is 35.5. The van der Waals surface area contributed by atoms with E-state index in [9.17, 15) is 4.79 Å². The molecule has 1 N–H and O–H groups in total. The molecule has 98 valence electrons. The average Bonchev–Trinajstić information content (AvgIpc) is 2.46. The van der Waals surface area contributed by atoms with Crippen molar-refractivity contribution in [1.82, 2.24) is 10.3 Å². The van der Waals surface area contributed by atoms with Gasteiger partial charge >= 0.3 is 0 Å². The second kappa shape index (κ2) is 6.20. The zero-order chi connectivity index (χ0) is 13.7. The molecule has 0 aliphatic heterocycles. The number of methoxy groups -OCH3 is 1. The van der Waals surface area contributed by atoms with Crippen molar-refractivity contribution in [2.24, 2.45) is 0 Å². The number of carbonyl (C=O) groups is 1. The summed E-state index contributed by atoms with van der Waals surface area (Å²) in [6.07, 6.45) is 0. The van der Waals surface area contributed by atoms with Crippen LogP contribution >= 0.6 is 11.6 Å². The van der Waals surface area contributed by atoms with Crippen LogP contribution in [0.4, 0.5) is 0 Å². The zero-order valence-corrected chi connectivity index (χ0v) is 11.1. The quantitative estimate of drug-likeness (QED) is 0.934. The van der Waals surface area contributed by atoms with Gasteiger partial charge in [-0.05, 0) is 23.8 Å². The molecule has 0 saturated heterocycles. The Balaban J connectivity index is 1.99. The Morgan fingerprint density at radius 3 is 2.68 bits per heavy atom. The van der Waals surface area contributed by atoms with Gasteiger partial charge in [0.25, 0.3) is 5.91 Å². The van der Waals surface area contributed by atoms with Crippen LogP contribution in [0.3, 0.4) is 0 Å². The highest BCUT2D eigenvalue weighted by molar-refractivity contribution is 6.30. The molecule has 0 atom stereocenters. The Bertz CT molecular complexity index is 570. The van der Waals surface area contributed by atoms with E-state index in [0.29, 0.717) is 23.1 Å². The maximum atomic E-state index is 11.9. The number of amides is 1. The third kappa shape index (κ3) is 3.69. The van der Waals surface area contributed by atoms with Gasteiger partial charge in [-0.15, -0.1) is 0 Å². The number of benzene rings is 1. The van der Waals surface area contributed by atoms with E-state index in [-0.39, 0.29) is 5.91 Å². The van der Waals surface area contributed by atoms with Gasteiger partial charge < -0.3 is 10.1 Å². The molecule has 1 heterocycles. The standard InChI is InChI=1S/C14H13ClN2O2/c1-19-13-4-2-3-12(17-13)14(18)16-9-10-5-7-11(15)8-6-10/h2-8H,9H2,1H3,(H,16,18). The van der Waals surface area contributed by atoms with Crippen LogP contribution in [-0.4, -0.2) is 18.0 Å². The summed E-state index contributed by atoms with van der Waals surface area (Å²) in [6, 6.07) is 12.3. The Labute approximate surface area is 116 Å². The predicted octanol–water partition coefficient (Wildman–Crippen LogP) is 2.67. The number of pyridine rings is 1. The minimum atomic E-state index is -0.242. The van der Waals surface area contributed by atoms with Crippen LogP contribution in [0.1, 0.15) is 16.1 Å². The number of aromatic nitrogens is 1. The van der Waals surface area contributed by atoms with Gasteiger partial charge in [-0.25, -0.2) is 4.98 Å². The van der Waals surface area contributed by atoms with E-state index in [1.54, 1.807) is 30.3 Å². The molecule has 5 heteroatoms. The molecule has 0 fully saturated rings. The van der Waals surface area contributed by atoms with Gasteiger partial charge in [0.15, 0.2) is 0 Å². The first kappa shape index (κ1) is 13.4. The molecule has 19 heavy (non-hydrogen) atoms.